The lowest BCUT2D eigenvalue weighted by atomic mass is 9.98. The van der Waals surface area contributed by atoms with Gasteiger partial charge in [0.1, 0.15) is 5.82 Å². The maximum atomic E-state index is 4.63. The summed E-state index contributed by atoms with van der Waals surface area (Å²) in [4.78, 5) is 8.77. The second-order valence-electron chi connectivity index (χ2n) is 4.76. The SMILES string of the molecule is Cc1ccncc1-c1n[nH]c(C2CCNCC2)n1.Cl. The normalized spacial score (nSPS) is 16.1. The van der Waals surface area contributed by atoms with Gasteiger partial charge in [0.2, 0.25) is 0 Å². The van der Waals surface area contributed by atoms with E-state index in [0.29, 0.717) is 5.92 Å². The van der Waals surface area contributed by atoms with E-state index in [0.717, 1.165) is 48.7 Å². The van der Waals surface area contributed by atoms with Gasteiger partial charge in [-0.25, -0.2) is 4.98 Å². The summed E-state index contributed by atoms with van der Waals surface area (Å²) < 4.78 is 0. The molecule has 6 heteroatoms. The first-order chi connectivity index (χ1) is 8.84. The first-order valence-electron chi connectivity index (χ1n) is 6.38. The van der Waals surface area contributed by atoms with E-state index < -0.39 is 0 Å². The molecule has 3 heterocycles. The van der Waals surface area contributed by atoms with E-state index in [-0.39, 0.29) is 12.4 Å². The maximum absolute atomic E-state index is 4.63. The van der Waals surface area contributed by atoms with Crippen LogP contribution in [0.3, 0.4) is 0 Å². The molecule has 5 nitrogen and oxygen atoms in total. The van der Waals surface area contributed by atoms with E-state index in [1.165, 1.54) is 0 Å². The maximum Gasteiger partial charge on any atom is 0.182 e. The number of hydrogen-bond donors (Lipinski definition) is 2. The molecule has 0 saturated carbocycles. The Labute approximate surface area is 118 Å². The number of nitrogens with zero attached hydrogens (tertiary/aromatic N) is 3. The molecular weight excluding hydrogens is 262 g/mol. The molecule has 2 aromatic rings. The standard InChI is InChI=1S/C13H17N5.ClH/c1-9-2-5-15-8-11(9)13-16-12(17-18-13)10-3-6-14-7-4-10;/h2,5,8,10,14H,3-4,6-7H2,1H3,(H,16,17,18);1H. The molecule has 0 aliphatic carbocycles. The van der Waals surface area contributed by atoms with Gasteiger partial charge in [0, 0.05) is 23.9 Å². The number of hydrogen-bond acceptors (Lipinski definition) is 4. The zero-order chi connectivity index (χ0) is 12.4. The van der Waals surface area contributed by atoms with Gasteiger partial charge in [0.05, 0.1) is 0 Å². The van der Waals surface area contributed by atoms with Gasteiger partial charge in [-0.1, -0.05) is 0 Å². The number of halogens is 1. The largest absolute Gasteiger partial charge is 0.317 e. The van der Waals surface area contributed by atoms with E-state index in [4.69, 9.17) is 0 Å². The summed E-state index contributed by atoms with van der Waals surface area (Å²) in [6.45, 7) is 4.18. The third kappa shape index (κ3) is 2.93. The van der Waals surface area contributed by atoms with Crippen LogP contribution in [-0.2, 0) is 0 Å². The highest BCUT2D eigenvalue weighted by atomic mass is 35.5. The van der Waals surface area contributed by atoms with Crippen LogP contribution in [0.25, 0.3) is 11.4 Å². The van der Waals surface area contributed by atoms with Crippen LogP contribution in [0, 0.1) is 6.92 Å². The fourth-order valence-corrected chi connectivity index (χ4v) is 2.37. The number of aryl methyl sites for hydroxylation is 1. The van der Waals surface area contributed by atoms with Crippen molar-refractivity contribution in [1.82, 2.24) is 25.5 Å². The Morgan fingerprint density at radius 3 is 2.79 bits per heavy atom. The highest BCUT2D eigenvalue weighted by molar-refractivity contribution is 5.85. The van der Waals surface area contributed by atoms with E-state index in [1.807, 2.05) is 12.3 Å². The number of aromatic nitrogens is 4. The number of pyridine rings is 1. The van der Waals surface area contributed by atoms with Gasteiger partial charge in [-0.15, -0.1) is 12.4 Å². The molecule has 1 aliphatic heterocycles. The minimum atomic E-state index is 0. The Kier molecular flexibility index (Phi) is 4.50. The minimum absolute atomic E-state index is 0. The van der Waals surface area contributed by atoms with Crippen LogP contribution in [0.15, 0.2) is 18.5 Å². The summed E-state index contributed by atoms with van der Waals surface area (Å²) >= 11 is 0. The zero-order valence-corrected chi connectivity index (χ0v) is 11.7. The third-order valence-corrected chi connectivity index (χ3v) is 3.51. The molecule has 0 bridgehead atoms. The third-order valence-electron chi connectivity index (χ3n) is 3.51. The van der Waals surface area contributed by atoms with Crippen LogP contribution < -0.4 is 5.32 Å². The summed E-state index contributed by atoms with van der Waals surface area (Å²) in [5.74, 6) is 2.27. The Balaban J connectivity index is 0.00000133. The summed E-state index contributed by atoms with van der Waals surface area (Å²) in [6.07, 6.45) is 5.87. The molecule has 2 aromatic heterocycles. The van der Waals surface area contributed by atoms with Crippen molar-refractivity contribution in [2.45, 2.75) is 25.7 Å². The first kappa shape index (κ1) is 14.0. The lowest BCUT2D eigenvalue weighted by molar-refractivity contribution is 0.446. The topological polar surface area (TPSA) is 66.5 Å². The Hall–Kier alpha value is -1.46. The molecular formula is C13H18ClN5. The predicted molar refractivity (Wildman–Crippen MR) is 76.4 cm³/mol. The van der Waals surface area contributed by atoms with E-state index in [1.54, 1.807) is 6.20 Å². The van der Waals surface area contributed by atoms with Crippen LogP contribution in [0.5, 0.6) is 0 Å². The highest BCUT2D eigenvalue weighted by Gasteiger charge is 2.19. The Morgan fingerprint density at radius 2 is 2.05 bits per heavy atom. The number of nitrogens with one attached hydrogen (secondary N) is 2. The fraction of sp³-hybridized carbons (Fsp3) is 0.462. The second-order valence-corrected chi connectivity index (χ2v) is 4.76. The number of H-pyrrole nitrogens is 1. The van der Waals surface area contributed by atoms with Crippen molar-refractivity contribution in [3.8, 4) is 11.4 Å². The molecule has 1 fully saturated rings. The van der Waals surface area contributed by atoms with Crippen LogP contribution in [0.2, 0.25) is 0 Å². The molecule has 0 atom stereocenters. The van der Waals surface area contributed by atoms with E-state index in [2.05, 4.69) is 32.4 Å². The first-order valence-corrected chi connectivity index (χ1v) is 6.38. The number of rotatable bonds is 2. The van der Waals surface area contributed by atoms with Crippen molar-refractivity contribution >= 4 is 12.4 Å². The molecule has 0 aromatic carbocycles. The minimum Gasteiger partial charge on any atom is -0.317 e. The van der Waals surface area contributed by atoms with Gasteiger partial charge >= 0.3 is 0 Å². The smallest absolute Gasteiger partial charge is 0.182 e. The van der Waals surface area contributed by atoms with Crippen molar-refractivity contribution in [2.75, 3.05) is 13.1 Å². The van der Waals surface area contributed by atoms with Crippen LogP contribution in [0.4, 0.5) is 0 Å². The molecule has 19 heavy (non-hydrogen) atoms. The Bertz CT molecular complexity index is 533. The molecule has 3 rings (SSSR count). The highest BCUT2D eigenvalue weighted by Crippen LogP contribution is 2.24. The molecule has 1 aliphatic rings. The van der Waals surface area contributed by atoms with Crippen LogP contribution in [-0.4, -0.2) is 33.3 Å². The monoisotopic (exact) mass is 279 g/mol. The predicted octanol–water partition coefficient (Wildman–Crippen LogP) is 2.06. The molecule has 102 valence electrons. The summed E-state index contributed by atoms with van der Waals surface area (Å²) in [6, 6.07) is 1.98. The molecule has 0 spiro atoms. The van der Waals surface area contributed by atoms with Crippen molar-refractivity contribution in [1.29, 1.82) is 0 Å². The summed E-state index contributed by atoms with van der Waals surface area (Å²) in [5.41, 5.74) is 2.16. The lowest BCUT2D eigenvalue weighted by Crippen LogP contribution is -2.27. The van der Waals surface area contributed by atoms with Gasteiger partial charge in [0.25, 0.3) is 0 Å². The van der Waals surface area contributed by atoms with E-state index >= 15 is 0 Å². The van der Waals surface area contributed by atoms with Crippen molar-refractivity contribution in [2.24, 2.45) is 0 Å². The quantitative estimate of drug-likeness (QED) is 0.883. The number of aromatic amines is 1. The molecule has 0 radical (unpaired) electrons. The fourth-order valence-electron chi connectivity index (χ4n) is 2.37. The van der Waals surface area contributed by atoms with Crippen LogP contribution >= 0.6 is 12.4 Å². The molecule has 2 N–H and O–H groups in total. The van der Waals surface area contributed by atoms with Gasteiger partial charge < -0.3 is 5.32 Å². The Morgan fingerprint density at radius 1 is 1.26 bits per heavy atom. The average Bonchev–Trinajstić information content (AvgIpc) is 2.90. The molecule has 0 amide bonds. The second kappa shape index (κ2) is 6.12. The molecule has 0 unspecified atom stereocenters. The lowest BCUT2D eigenvalue weighted by Gasteiger charge is -2.19. The van der Waals surface area contributed by atoms with Gasteiger partial charge in [-0.05, 0) is 44.5 Å². The molecule has 1 saturated heterocycles. The van der Waals surface area contributed by atoms with Gasteiger partial charge in [0.15, 0.2) is 5.82 Å². The summed E-state index contributed by atoms with van der Waals surface area (Å²) in [7, 11) is 0. The van der Waals surface area contributed by atoms with Gasteiger partial charge in [-0.2, -0.15) is 5.10 Å². The van der Waals surface area contributed by atoms with E-state index in [9.17, 15) is 0 Å². The van der Waals surface area contributed by atoms with Crippen LogP contribution in [0.1, 0.15) is 30.1 Å². The van der Waals surface area contributed by atoms with Crippen molar-refractivity contribution in [3.63, 3.8) is 0 Å². The van der Waals surface area contributed by atoms with Gasteiger partial charge in [-0.3, -0.25) is 10.1 Å². The average molecular weight is 280 g/mol. The van der Waals surface area contributed by atoms with Crippen molar-refractivity contribution < 1.29 is 0 Å². The van der Waals surface area contributed by atoms with Crippen molar-refractivity contribution in [3.05, 3.63) is 29.8 Å². The zero-order valence-electron chi connectivity index (χ0n) is 10.9. The summed E-state index contributed by atoms with van der Waals surface area (Å²) in [5, 5.41) is 10.8. The number of piperidine rings is 1.